The van der Waals surface area contributed by atoms with Gasteiger partial charge in [0.15, 0.2) is 11.4 Å². The Morgan fingerprint density at radius 2 is 2.16 bits per heavy atom. The predicted octanol–water partition coefficient (Wildman–Crippen LogP) is 0.297. The highest BCUT2D eigenvalue weighted by Crippen LogP contribution is 2.43. The molecule has 0 unspecified atom stereocenters. The molecule has 0 aromatic rings. The smallest absolute Gasteiger partial charge is 0.193 e. The zero-order chi connectivity index (χ0) is 14.4. The van der Waals surface area contributed by atoms with Crippen LogP contribution in [0.3, 0.4) is 0 Å². The van der Waals surface area contributed by atoms with Gasteiger partial charge >= 0.3 is 0 Å². The van der Waals surface area contributed by atoms with Crippen molar-refractivity contribution in [1.82, 2.24) is 0 Å². The van der Waals surface area contributed by atoms with E-state index in [9.17, 15) is 20.1 Å². The van der Waals surface area contributed by atoms with Gasteiger partial charge in [0.1, 0.15) is 17.5 Å². The van der Waals surface area contributed by atoms with Crippen LogP contribution in [0.25, 0.3) is 0 Å². The van der Waals surface area contributed by atoms with Gasteiger partial charge in [0.2, 0.25) is 0 Å². The van der Waals surface area contributed by atoms with Crippen LogP contribution in [-0.4, -0.2) is 44.5 Å². The van der Waals surface area contributed by atoms with Gasteiger partial charge in [-0.15, -0.1) is 6.58 Å². The van der Waals surface area contributed by atoms with Crippen molar-refractivity contribution in [2.45, 2.75) is 50.1 Å². The minimum atomic E-state index is -1.87. The van der Waals surface area contributed by atoms with E-state index in [2.05, 4.69) is 6.58 Å². The van der Waals surface area contributed by atoms with Gasteiger partial charge in [0, 0.05) is 18.4 Å². The summed E-state index contributed by atoms with van der Waals surface area (Å²) in [7, 11) is 0. The third-order valence-corrected chi connectivity index (χ3v) is 4.05. The Bertz CT molecular complexity index is 439. The molecule has 5 nitrogen and oxygen atoms in total. The Balaban J connectivity index is 2.38. The highest BCUT2D eigenvalue weighted by molar-refractivity contribution is 5.99. The molecule has 0 aromatic heterocycles. The summed E-state index contributed by atoms with van der Waals surface area (Å²) in [6.07, 6.45) is 0.757. The zero-order valence-corrected chi connectivity index (χ0v) is 11.2. The molecule has 1 heterocycles. The fourth-order valence-electron chi connectivity index (χ4n) is 2.68. The molecule has 0 aromatic carbocycles. The first-order valence-electron chi connectivity index (χ1n) is 6.37. The van der Waals surface area contributed by atoms with E-state index >= 15 is 0 Å². The third-order valence-electron chi connectivity index (χ3n) is 4.05. The number of hydrogen-bond donors (Lipinski definition) is 3. The first-order valence-corrected chi connectivity index (χ1v) is 6.37. The van der Waals surface area contributed by atoms with Crippen molar-refractivity contribution in [3.05, 3.63) is 24.5 Å². The fraction of sp³-hybridized carbons (Fsp3) is 0.643. The summed E-state index contributed by atoms with van der Waals surface area (Å²) in [6.45, 7) is 6.92. The third kappa shape index (κ3) is 2.12. The molecule has 1 aliphatic carbocycles. The number of aliphatic hydroxyl groups is 3. The van der Waals surface area contributed by atoms with Crippen LogP contribution in [0.5, 0.6) is 0 Å². The molecule has 2 aliphatic rings. The first-order chi connectivity index (χ1) is 8.72. The molecule has 0 amide bonds. The van der Waals surface area contributed by atoms with Crippen LogP contribution < -0.4 is 0 Å². The lowest BCUT2D eigenvalue weighted by Crippen LogP contribution is -2.59. The van der Waals surface area contributed by atoms with Crippen molar-refractivity contribution < 1.29 is 24.9 Å². The number of carbonyl (C=O) groups excluding carboxylic acids is 1. The van der Waals surface area contributed by atoms with Crippen LogP contribution in [0.1, 0.15) is 26.7 Å². The number of hydrogen-bond acceptors (Lipinski definition) is 5. The molecule has 0 saturated carbocycles. The maximum absolute atomic E-state index is 12.0. The van der Waals surface area contributed by atoms with E-state index in [4.69, 9.17) is 4.74 Å². The maximum Gasteiger partial charge on any atom is 0.193 e. The van der Waals surface area contributed by atoms with E-state index in [1.807, 2.05) is 0 Å². The van der Waals surface area contributed by atoms with Crippen molar-refractivity contribution >= 4 is 5.78 Å². The molecule has 3 N–H and O–H groups in total. The molecular formula is C14H20O5. The number of ketones is 1. The summed E-state index contributed by atoms with van der Waals surface area (Å²) in [6, 6.07) is 0. The van der Waals surface area contributed by atoms with E-state index < -0.39 is 35.1 Å². The Morgan fingerprint density at radius 3 is 2.74 bits per heavy atom. The molecule has 0 radical (unpaired) electrons. The molecule has 5 heteroatoms. The molecule has 2 rings (SSSR count). The van der Waals surface area contributed by atoms with E-state index in [1.165, 1.54) is 12.2 Å². The van der Waals surface area contributed by atoms with Crippen LogP contribution in [0.2, 0.25) is 0 Å². The van der Waals surface area contributed by atoms with Crippen molar-refractivity contribution in [2.24, 2.45) is 5.92 Å². The van der Waals surface area contributed by atoms with Crippen molar-refractivity contribution in [2.75, 3.05) is 0 Å². The van der Waals surface area contributed by atoms with Gasteiger partial charge in [-0.25, -0.2) is 0 Å². The lowest BCUT2D eigenvalue weighted by atomic mass is 9.71. The zero-order valence-electron chi connectivity index (χ0n) is 11.2. The van der Waals surface area contributed by atoms with Crippen LogP contribution in [0, 0.1) is 5.92 Å². The molecule has 19 heavy (non-hydrogen) atoms. The molecule has 1 aliphatic heterocycles. The van der Waals surface area contributed by atoms with Crippen molar-refractivity contribution in [3.63, 3.8) is 0 Å². The topological polar surface area (TPSA) is 87.0 Å². The van der Waals surface area contributed by atoms with E-state index in [0.717, 1.165) is 0 Å². The number of aliphatic hydroxyl groups excluding tert-OH is 2. The van der Waals surface area contributed by atoms with Crippen LogP contribution in [0.4, 0.5) is 0 Å². The largest absolute Gasteiger partial charge is 0.489 e. The Kier molecular flexibility index (Phi) is 3.33. The van der Waals surface area contributed by atoms with E-state index in [1.54, 1.807) is 13.8 Å². The van der Waals surface area contributed by atoms with Crippen molar-refractivity contribution in [3.8, 4) is 0 Å². The number of rotatable bonds is 2. The molecule has 0 spiro atoms. The number of fused-ring (bicyclic) bond motifs is 1. The minimum absolute atomic E-state index is 0.0350. The molecule has 0 bridgehead atoms. The van der Waals surface area contributed by atoms with Crippen LogP contribution in [0.15, 0.2) is 24.5 Å². The molecule has 1 fully saturated rings. The van der Waals surface area contributed by atoms with E-state index in [-0.39, 0.29) is 12.8 Å². The van der Waals surface area contributed by atoms with E-state index in [0.29, 0.717) is 5.76 Å². The van der Waals surface area contributed by atoms with Gasteiger partial charge in [-0.1, -0.05) is 6.08 Å². The summed E-state index contributed by atoms with van der Waals surface area (Å²) < 4.78 is 5.60. The second-order valence-electron chi connectivity index (χ2n) is 5.84. The second kappa shape index (κ2) is 4.44. The average molecular weight is 268 g/mol. The first kappa shape index (κ1) is 14.2. The molecule has 4 atom stereocenters. The monoisotopic (exact) mass is 268 g/mol. The van der Waals surface area contributed by atoms with Crippen LogP contribution >= 0.6 is 0 Å². The summed E-state index contributed by atoms with van der Waals surface area (Å²) in [4.78, 5) is 12.0. The Hall–Kier alpha value is -1.17. The number of carbonyl (C=O) groups is 1. The fourth-order valence-corrected chi connectivity index (χ4v) is 2.68. The quantitative estimate of drug-likeness (QED) is 0.627. The molecular weight excluding hydrogens is 248 g/mol. The molecule has 106 valence electrons. The SMILES string of the molecule is C=CC[C@@]1(O)C(=O)C=C2OC(C)(C)[C@H](O)C[C@@H]2[C@@H]1O. The highest BCUT2D eigenvalue weighted by atomic mass is 16.5. The average Bonchev–Trinajstić information content (AvgIpc) is 2.30. The van der Waals surface area contributed by atoms with Gasteiger partial charge in [0.25, 0.3) is 0 Å². The standard InChI is InChI=1S/C14H20O5/c1-4-5-14(18)11(16)7-9-8(12(14)17)6-10(15)13(2,3)19-9/h4,7-8,10,12,15,17-18H,1,5-6H2,2-3H3/t8-,10+,12-,14+/m0/s1. The van der Waals surface area contributed by atoms with Gasteiger partial charge < -0.3 is 20.1 Å². The molecule has 1 saturated heterocycles. The summed E-state index contributed by atoms with van der Waals surface area (Å²) >= 11 is 0. The lowest BCUT2D eigenvalue weighted by molar-refractivity contribution is -0.177. The van der Waals surface area contributed by atoms with Crippen LogP contribution in [-0.2, 0) is 9.53 Å². The highest BCUT2D eigenvalue weighted by Gasteiger charge is 2.54. The second-order valence-corrected chi connectivity index (χ2v) is 5.84. The van der Waals surface area contributed by atoms with Crippen molar-refractivity contribution in [1.29, 1.82) is 0 Å². The predicted molar refractivity (Wildman–Crippen MR) is 68.1 cm³/mol. The van der Waals surface area contributed by atoms with Gasteiger partial charge in [-0.2, -0.15) is 0 Å². The summed E-state index contributed by atoms with van der Waals surface area (Å²) in [5.74, 6) is -0.828. The minimum Gasteiger partial charge on any atom is -0.489 e. The Labute approximate surface area is 112 Å². The van der Waals surface area contributed by atoms with Gasteiger partial charge in [-0.05, 0) is 20.3 Å². The van der Waals surface area contributed by atoms with Gasteiger partial charge in [-0.3, -0.25) is 4.79 Å². The van der Waals surface area contributed by atoms with Gasteiger partial charge in [0.05, 0.1) is 6.10 Å². The Morgan fingerprint density at radius 1 is 1.53 bits per heavy atom. The normalized spacial score (nSPS) is 41.0. The lowest BCUT2D eigenvalue weighted by Gasteiger charge is -2.47. The number of ether oxygens (including phenoxy) is 1. The summed E-state index contributed by atoms with van der Waals surface area (Å²) in [5.41, 5.74) is -2.68. The maximum atomic E-state index is 12.0. The summed E-state index contributed by atoms with van der Waals surface area (Å²) in [5, 5.41) is 30.6.